The van der Waals surface area contributed by atoms with Crippen LogP contribution in [0.25, 0.3) is 44.7 Å². The molecule has 1 aliphatic heterocycles. The van der Waals surface area contributed by atoms with Crippen LogP contribution in [0.5, 0.6) is 5.75 Å². The van der Waals surface area contributed by atoms with Gasteiger partial charge in [0.2, 0.25) is 0 Å². The fourth-order valence-corrected chi connectivity index (χ4v) is 6.21. The van der Waals surface area contributed by atoms with E-state index in [0.717, 1.165) is 63.2 Å². The minimum absolute atomic E-state index is 0.306. The van der Waals surface area contributed by atoms with Gasteiger partial charge in [0.25, 0.3) is 0 Å². The van der Waals surface area contributed by atoms with Crippen LogP contribution in [0.4, 0.5) is 0 Å². The Morgan fingerprint density at radius 3 is 2.76 bits per heavy atom. The average Bonchev–Trinajstić information content (AvgIpc) is 3.43. The molecule has 2 N–H and O–H groups in total. The van der Waals surface area contributed by atoms with E-state index in [0.29, 0.717) is 30.5 Å². The van der Waals surface area contributed by atoms with Crippen molar-refractivity contribution in [3.63, 3.8) is 0 Å². The monoisotopic (exact) mass is 493 g/mol. The molecule has 7 rings (SSSR count). The van der Waals surface area contributed by atoms with E-state index in [9.17, 15) is 9.90 Å². The number of aromatic nitrogens is 5. The summed E-state index contributed by atoms with van der Waals surface area (Å²) in [7, 11) is 0. The van der Waals surface area contributed by atoms with Crippen molar-refractivity contribution in [3.8, 4) is 28.5 Å². The van der Waals surface area contributed by atoms with Gasteiger partial charge in [-0.2, -0.15) is 0 Å². The van der Waals surface area contributed by atoms with E-state index in [1.807, 2.05) is 19.1 Å². The number of aromatic amines is 1. The summed E-state index contributed by atoms with van der Waals surface area (Å²) in [6, 6.07) is 9.73. The van der Waals surface area contributed by atoms with Crippen molar-refractivity contribution in [1.82, 2.24) is 24.5 Å². The highest BCUT2D eigenvalue weighted by Gasteiger charge is 2.31. The Morgan fingerprint density at radius 1 is 1.11 bits per heavy atom. The number of nitrogens with zero attached hydrogens (tertiary/aromatic N) is 4. The topological polar surface area (TPSA) is 106 Å². The van der Waals surface area contributed by atoms with Gasteiger partial charge in [-0.1, -0.05) is 25.3 Å². The number of carbonyl (C=O) groups is 1. The van der Waals surface area contributed by atoms with Crippen LogP contribution in [0.15, 0.2) is 42.7 Å². The lowest BCUT2D eigenvalue weighted by atomic mass is 9.81. The van der Waals surface area contributed by atoms with Gasteiger partial charge in [0.1, 0.15) is 17.8 Å². The third-order valence-electron chi connectivity index (χ3n) is 7.89. The average molecular weight is 494 g/mol. The molecule has 0 unspecified atom stereocenters. The number of ether oxygens (including phenoxy) is 1. The van der Waals surface area contributed by atoms with Crippen LogP contribution in [0.1, 0.15) is 59.6 Å². The molecule has 2 aromatic carbocycles. The molecule has 1 fully saturated rings. The number of aromatic carboxylic acids is 1. The molecule has 0 amide bonds. The summed E-state index contributed by atoms with van der Waals surface area (Å²) in [5.74, 6) is 0.952. The molecule has 8 nitrogen and oxygen atoms in total. The maximum Gasteiger partial charge on any atom is 0.335 e. The van der Waals surface area contributed by atoms with Crippen LogP contribution in [0, 0.1) is 6.92 Å². The molecule has 8 heteroatoms. The van der Waals surface area contributed by atoms with E-state index in [1.165, 1.54) is 24.8 Å². The summed E-state index contributed by atoms with van der Waals surface area (Å²) in [4.78, 5) is 29.0. The third-order valence-corrected chi connectivity index (χ3v) is 7.89. The number of hydrogen-bond acceptors (Lipinski definition) is 5. The number of benzene rings is 2. The zero-order valence-electron chi connectivity index (χ0n) is 20.6. The lowest BCUT2D eigenvalue weighted by Crippen LogP contribution is -2.07. The number of nitrogens with one attached hydrogen (secondary N) is 1. The van der Waals surface area contributed by atoms with E-state index < -0.39 is 5.97 Å². The van der Waals surface area contributed by atoms with Crippen molar-refractivity contribution < 1.29 is 14.6 Å². The predicted octanol–water partition coefficient (Wildman–Crippen LogP) is 6.09. The molecular weight excluding hydrogens is 466 g/mol. The summed E-state index contributed by atoms with van der Waals surface area (Å²) in [6.45, 7) is 3.03. The van der Waals surface area contributed by atoms with Gasteiger partial charge in [0.15, 0.2) is 11.6 Å². The van der Waals surface area contributed by atoms with E-state index in [-0.39, 0.29) is 0 Å². The fraction of sp³-hybridized carbons (Fsp3) is 0.310. The van der Waals surface area contributed by atoms with E-state index >= 15 is 0 Å². The number of fused-ring (bicyclic) bond motifs is 7. The van der Waals surface area contributed by atoms with Crippen LogP contribution in [0.2, 0.25) is 0 Å². The molecule has 186 valence electrons. The Balaban J connectivity index is 1.50. The van der Waals surface area contributed by atoms with Crippen molar-refractivity contribution in [1.29, 1.82) is 0 Å². The van der Waals surface area contributed by atoms with Crippen LogP contribution in [-0.4, -0.2) is 42.2 Å². The third kappa shape index (κ3) is 3.43. The molecule has 0 bridgehead atoms. The number of rotatable bonds is 3. The van der Waals surface area contributed by atoms with Crippen LogP contribution < -0.4 is 4.74 Å². The van der Waals surface area contributed by atoms with Crippen LogP contribution >= 0.6 is 0 Å². The van der Waals surface area contributed by atoms with Crippen LogP contribution in [0.3, 0.4) is 0 Å². The second-order valence-electron chi connectivity index (χ2n) is 10.0. The van der Waals surface area contributed by atoms with Gasteiger partial charge in [-0.25, -0.2) is 14.8 Å². The van der Waals surface area contributed by atoms with Crippen molar-refractivity contribution in [2.75, 3.05) is 6.61 Å². The van der Waals surface area contributed by atoms with E-state index in [1.54, 1.807) is 18.5 Å². The first-order valence-corrected chi connectivity index (χ1v) is 12.9. The van der Waals surface area contributed by atoms with Crippen molar-refractivity contribution in [3.05, 3.63) is 59.5 Å². The molecule has 0 spiro atoms. The van der Waals surface area contributed by atoms with Gasteiger partial charge in [-0.15, -0.1) is 0 Å². The highest BCUT2D eigenvalue weighted by molar-refractivity contribution is 6.01. The molecule has 3 aromatic heterocycles. The number of aryl methyl sites for hydroxylation is 1. The van der Waals surface area contributed by atoms with Crippen molar-refractivity contribution in [2.45, 2.75) is 51.5 Å². The molecule has 0 atom stereocenters. The smallest absolute Gasteiger partial charge is 0.335 e. The zero-order chi connectivity index (χ0) is 25.1. The lowest BCUT2D eigenvalue weighted by molar-refractivity contribution is 0.0697. The maximum absolute atomic E-state index is 11.8. The standard InChI is InChI=1S/C29H27N5O3/c1-16-24(31-12-11-30-16)28-32-21-10-9-20-26-23(17-5-3-2-4-6-17)19-8-7-18(29(35)36)15-22(19)34(26)13-14-37-27(20)25(21)33-28/h7-12,15,17H,2-6,13-14H2,1H3,(H,32,33)(H,35,36). The molecule has 0 saturated heterocycles. The highest BCUT2D eigenvalue weighted by atomic mass is 16.5. The molecule has 2 aliphatic rings. The first-order valence-electron chi connectivity index (χ1n) is 12.9. The summed E-state index contributed by atoms with van der Waals surface area (Å²) in [5, 5.41) is 10.8. The largest absolute Gasteiger partial charge is 0.489 e. The zero-order valence-corrected chi connectivity index (χ0v) is 20.6. The number of H-pyrrole nitrogens is 1. The lowest BCUT2D eigenvalue weighted by Gasteiger charge is -2.23. The Kier molecular flexibility index (Phi) is 5.02. The summed E-state index contributed by atoms with van der Waals surface area (Å²) < 4.78 is 8.66. The number of hydrogen-bond donors (Lipinski definition) is 2. The van der Waals surface area contributed by atoms with Gasteiger partial charge < -0.3 is 19.4 Å². The number of imidazole rings is 1. The molecule has 1 aliphatic carbocycles. The Morgan fingerprint density at radius 2 is 1.95 bits per heavy atom. The summed E-state index contributed by atoms with van der Waals surface area (Å²) >= 11 is 0. The Hall–Kier alpha value is -4.20. The SMILES string of the molecule is Cc1nccnc1-c1nc2c3c(ccc2[nH]1)-c1c(C2CCCCC2)c2ccc(C(=O)O)cc2n1CCO3. The minimum atomic E-state index is -0.910. The predicted molar refractivity (Wildman–Crippen MR) is 141 cm³/mol. The molecule has 5 aromatic rings. The Bertz CT molecular complexity index is 1690. The second-order valence-corrected chi connectivity index (χ2v) is 10.0. The van der Waals surface area contributed by atoms with Gasteiger partial charge in [-0.05, 0) is 55.5 Å². The first kappa shape index (κ1) is 22.0. The highest BCUT2D eigenvalue weighted by Crippen LogP contribution is 2.48. The molecule has 37 heavy (non-hydrogen) atoms. The number of carboxylic acid groups (broad SMARTS) is 1. The van der Waals surface area contributed by atoms with Gasteiger partial charge in [0.05, 0.1) is 29.0 Å². The fourth-order valence-electron chi connectivity index (χ4n) is 6.21. The normalized spacial score (nSPS) is 15.8. The van der Waals surface area contributed by atoms with Gasteiger partial charge >= 0.3 is 5.97 Å². The summed E-state index contributed by atoms with van der Waals surface area (Å²) in [6.07, 6.45) is 9.34. The quantitative estimate of drug-likeness (QED) is 0.315. The maximum atomic E-state index is 11.8. The van der Waals surface area contributed by atoms with E-state index in [4.69, 9.17) is 9.72 Å². The first-order chi connectivity index (χ1) is 18.1. The number of carboxylic acids is 1. The van der Waals surface area contributed by atoms with Crippen LogP contribution in [-0.2, 0) is 6.54 Å². The molecule has 1 saturated carbocycles. The second kappa shape index (κ2) is 8.44. The minimum Gasteiger partial charge on any atom is -0.489 e. The van der Waals surface area contributed by atoms with Gasteiger partial charge in [0, 0.05) is 28.9 Å². The summed E-state index contributed by atoms with van der Waals surface area (Å²) in [5.41, 5.74) is 7.92. The molecule has 4 heterocycles. The van der Waals surface area contributed by atoms with Crippen molar-refractivity contribution in [2.24, 2.45) is 0 Å². The Labute approximate surface area is 213 Å². The van der Waals surface area contributed by atoms with Gasteiger partial charge in [-0.3, -0.25) is 4.98 Å². The molecule has 0 radical (unpaired) electrons. The molecular formula is C29H27N5O3. The van der Waals surface area contributed by atoms with Crippen molar-refractivity contribution >= 4 is 27.9 Å². The van der Waals surface area contributed by atoms with E-state index in [2.05, 4.69) is 31.7 Å².